The van der Waals surface area contributed by atoms with E-state index >= 15 is 0 Å². The van der Waals surface area contributed by atoms with Gasteiger partial charge in [-0.2, -0.15) is 10.1 Å². The number of hydrogen-bond acceptors (Lipinski definition) is 6. The molecule has 2 aromatic carbocycles. The van der Waals surface area contributed by atoms with Gasteiger partial charge in [-0.3, -0.25) is 28.9 Å². The molecule has 4 amide bonds. The van der Waals surface area contributed by atoms with Crippen LogP contribution in [0, 0.1) is 10.8 Å². The number of halogens is 2. The topological polar surface area (TPSA) is 93.2 Å². The van der Waals surface area contributed by atoms with Crippen molar-refractivity contribution in [3.8, 4) is 0 Å². The Morgan fingerprint density at radius 3 is 1.23 bits per heavy atom. The number of benzene rings is 2. The fourth-order valence-electron chi connectivity index (χ4n) is 6.12. The van der Waals surface area contributed by atoms with Crippen molar-refractivity contribution in [3.05, 3.63) is 68.6 Å². The predicted molar refractivity (Wildman–Crippen MR) is 153 cm³/mol. The van der Waals surface area contributed by atoms with Gasteiger partial charge in [0.1, 0.15) is 13.2 Å². The molecule has 2 aliphatic carbocycles. The molecule has 212 valence electrons. The minimum absolute atomic E-state index is 0.142. The number of amides is 4. The van der Waals surface area contributed by atoms with Crippen LogP contribution in [0.4, 0.5) is 0 Å². The van der Waals surface area contributed by atoms with Crippen molar-refractivity contribution in [2.45, 2.75) is 77.4 Å². The molecule has 4 fully saturated rings. The standard InChI is InChI=1S/2C15H16BrNO3/c2*16-12-5-3-11(4-6-12)10-20-17-13(18)9-15(14(17)19)7-1-2-8-15/h2*3-6H,1-2,7-10H2. The lowest BCUT2D eigenvalue weighted by molar-refractivity contribution is -0.194. The molecule has 6 rings (SSSR count). The van der Waals surface area contributed by atoms with Gasteiger partial charge in [0.2, 0.25) is 0 Å². The van der Waals surface area contributed by atoms with Gasteiger partial charge in [0, 0.05) is 21.8 Å². The van der Waals surface area contributed by atoms with Crippen LogP contribution in [0.25, 0.3) is 0 Å². The predicted octanol–water partition coefficient (Wildman–Crippen LogP) is 6.40. The Balaban J connectivity index is 0.000000161. The zero-order valence-electron chi connectivity index (χ0n) is 22.2. The third-order valence-corrected chi connectivity index (χ3v) is 9.43. The maximum Gasteiger partial charge on any atom is 0.260 e. The van der Waals surface area contributed by atoms with E-state index in [-0.39, 0.29) is 36.8 Å². The molecule has 10 heteroatoms. The molecular formula is C30H32Br2N2O6. The van der Waals surface area contributed by atoms with E-state index in [9.17, 15) is 19.2 Å². The number of carbonyl (C=O) groups is 4. The average molecular weight is 676 g/mol. The second kappa shape index (κ2) is 12.2. The van der Waals surface area contributed by atoms with Gasteiger partial charge in [-0.1, -0.05) is 81.8 Å². The van der Waals surface area contributed by atoms with Crippen LogP contribution in [0.15, 0.2) is 57.5 Å². The lowest BCUT2D eigenvalue weighted by Gasteiger charge is -2.20. The highest BCUT2D eigenvalue weighted by molar-refractivity contribution is 9.10. The Morgan fingerprint density at radius 2 is 0.900 bits per heavy atom. The van der Waals surface area contributed by atoms with E-state index < -0.39 is 10.8 Å². The number of hydroxylamine groups is 4. The third-order valence-electron chi connectivity index (χ3n) is 8.38. The molecule has 0 unspecified atom stereocenters. The van der Waals surface area contributed by atoms with E-state index in [0.717, 1.165) is 81.6 Å². The van der Waals surface area contributed by atoms with Crippen molar-refractivity contribution in [2.24, 2.45) is 10.8 Å². The molecule has 2 aliphatic heterocycles. The fourth-order valence-corrected chi connectivity index (χ4v) is 6.65. The van der Waals surface area contributed by atoms with E-state index in [2.05, 4.69) is 31.9 Å². The summed E-state index contributed by atoms with van der Waals surface area (Å²) in [6.45, 7) is 0.474. The monoisotopic (exact) mass is 674 g/mol. The summed E-state index contributed by atoms with van der Waals surface area (Å²) in [5.74, 6) is -0.683. The van der Waals surface area contributed by atoms with Gasteiger partial charge >= 0.3 is 0 Å². The van der Waals surface area contributed by atoms with E-state index in [4.69, 9.17) is 9.68 Å². The van der Waals surface area contributed by atoms with Crippen LogP contribution in [0.1, 0.15) is 75.3 Å². The van der Waals surface area contributed by atoms with Crippen LogP contribution in [0.2, 0.25) is 0 Å². The first-order valence-electron chi connectivity index (χ1n) is 13.7. The van der Waals surface area contributed by atoms with Gasteiger partial charge in [0.05, 0.1) is 10.8 Å². The Bertz CT molecular complexity index is 1170. The number of hydrogen-bond donors (Lipinski definition) is 0. The average Bonchev–Trinajstić information content (AvgIpc) is 3.70. The Hall–Kier alpha value is -2.40. The van der Waals surface area contributed by atoms with Gasteiger partial charge in [0.15, 0.2) is 0 Å². The van der Waals surface area contributed by atoms with Crippen LogP contribution in [0.3, 0.4) is 0 Å². The van der Waals surface area contributed by atoms with Crippen molar-refractivity contribution >= 4 is 55.5 Å². The molecule has 2 saturated carbocycles. The lowest BCUT2D eigenvalue weighted by Crippen LogP contribution is -2.34. The molecule has 0 radical (unpaired) electrons. The molecule has 0 bridgehead atoms. The summed E-state index contributed by atoms with van der Waals surface area (Å²) in [5, 5.41) is 1.99. The Kier molecular flexibility index (Phi) is 8.89. The van der Waals surface area contributed by atoms with Crippen LogP contribution < -0.4 is 0 Å². The zero-order chi connectivity index (χ0) is 28.3. The van der Waals surface area contributed by atoms with Crippen LogP contribution >= 0.6 is 31.9 Å². The van der Waals surface area contributed by atoms with Gasteiger partial charge in [-0.25, -0.2) is 0 Å². The first-order chi connectivity index (χ1) is 19.2. The number of carbonyl (C=O) groups excluding carboxylic acids is 4. The highest BCUT2D eigenvalue weighted by Crippen LogP contribution is 2.48. The molecule has 2 spiro atoms. The number of nitrogens with zero attached hydrogens (tertiary/aromatic N) is 2. The van der Waals surface area contributed by atoms with Crippen LogP contribution in [0.5, 0.6) is 0 Å². The number of rotatable bonds is 6. The summed E-state index contributed by atoms with van der Waals surface area (Å²) in [5.41, 5.74) is 0.940. The number of imide groups is 2. The van der Waals surface area contributed by atoms with E-state index in [1.54, 1.807) is 0 Å². The summed E-state index contributed by atoms with van der Waals surface area (Å²) >= 11 is 6.73. The summed E-state index contributed by atoms with van der Waals surface area (Å²) in [6, 6.07) is 15.2. The SMILES string of the molecule is O=C1CC2(CCCC2)C(=O)N1OCc1ccc(Br)cc1.O=C1CC2(CCCC2)C(=O)N1OCc1ccc(Br)cc1. The zero-order valence-corrected chi connectivity index (χ0v) is 25.4. The largest absolute Gasteiger partial charge is 0.272 e. The second-order valence-electron chi connectivity index (χ2n) is 11.1. The minimum Gasteiger partial charge on any atom is -0.272 e. The van der Waals surface area contributed by atoms with Gasteiger partial charge < -0.3 is 0 Å². The van der Waals surface area contributed by atoms with Gasteiger partial charge in [-0.15, -0.1) is 0 Å². The molecular weight excluding hydrogens is 644 g/mol. The first-order valence-corrected chi connectivity index (χ1v) is 15.3. The Labute approximate surface area is 250 Å². The molecule has 2 saturated heterocycles. The van der Waals surface area contributed by atoms with E-state index in [0.29, 0.717) is 12.8 Å². The fraction of sp³-hybridized carbons (Fsp3) is 0.467. The summed E-state index contributed by atoms with van der Waals surface area (Å²) in [7, 11) is 0. The van der Waals surface area contributed by atoms with Crippen molar-refractivity contribution in [3.63, 3.8) is 0 Å². The van der Waals surface area contributed by atoms with Crippen LogP contribution in [-0.4, -0.2) is 33.8 Å². The quantitative estimate of drug-likeness (QED) is 0.329. The maximum absolute atomic E-state index is 12.4. The van der Waals surface area contributed by atoms with E-state index in [1.165, 1.54) is 0 Å². The molecule has 2 aromatic rings. The van der Waals surface area contributed by atoms with Crippen LogP contribution in [-0.2, 0) is 42.1 Å². The van der Waals surface area contributed by atoms with Crippen molar-refractivity contribution in [1.82, 2.24) is 10.1 Å². The normalized spacial score (nSPS) is 21.1. The first kappa shape index (κ1) is 29.1. The molecule has 0 atom stereocenters. The second-order valence-corrected chi connectivity index (χ2v) is 12.9. The Morgan fingerprint density at radius 1 is 0.575 bits per heavy atom. The summed E-state index contributed by atoms with van der Waals surface area (Å²) in [6.07, 6.45) is 7.99. The maximum atomic E-state index is 12.4. The van der Waals surface area contributed by atoms with E-state index in [1.807, 2.05) is 48.5 Å². The van der Waals surface area contributed by atoms with Gasteiger partial charge in [0.25, 0.3) is 23.6 Å². The molecule has 0 aromatic heterocycles. The van der Waals surface area contributed by atoms with Gasteiger partial charge in [-0.05, 0) is 61.1 Å². The molecule has 8 nitrogen and oxygen atoms in total. The van der Waals surface area contributed by atoms with Crippen molar-refractivity contribution in [1.29, 1.82) is 0 Å². The highest BCUT2D eigenvalue weighted by atomic mass is 79.9. The third kappa shape index (κ3) is 6.10. The smallest absolute Gasteiger partial charge is 0.260 e. The lowest BCUT2D eigenvalue weighted by atomic mass is 9.85. The minimum atomic E-state index is -0.462. The van der Waals surface area contributed by atoms with Crippen molar-refractivity contribution in [2.75, 3.05) is 0 Å². The molecule has 40 heavy (non-hydrogen) atoms. The summed E-state index contributed by atoms with van der Waals surface area (Å²) < 4.78 is 1.97. The molecule has 2 heterocycles. The molecule has 0 N–H and O–H groups in total. The van der Waals surface area contributed by atoms with Crippen molar-refractivity contribution < 1.29 is 28.9 Å². The summed E-state index contributed by atoms with van der Waals surface area (Å²) in [4.78, 5) is 59.7. The highest BCUT2D eigenvalue weighted by Gasteiger charge is 2.54. The molecule has 4 aliphatic rings.